The maximum Gasteiger partial charge on any atom is 0.258 e. The normalized spacial score (nSPS) is 10.7. The minimum atomic E-state index is -0.117. The molecule has 27 heavy (non-hydrogen) atoms. The van der Waals surface area contributed by atoms with Gasteiger partial charge < -0.3 is 4.90 Å². The molecule has 3 aromatic rings. The molecule has 0 saturated heterocycles. The van der Waals surface area contributed by atoms with Gasteiger partial charge in [0.2, 0.25) is 0 Å². The second-order valence-electron chi connectivity index (χ2n) is 6.57. The lowest BCUT2D eigenvalue weighted by Gasteiger charge is -2.25. The number of carbonyl (C=O) groups is 1. The number of nitrogens with zero attached hydrogens (tertiary/aromatic N) is 2. The molecule has 1 amide bonds. The zero-order valence-electron chi connectivity index (χ0n) is 15.5. The quantitative estimate of drug-likeness (QED) is 0.526. The highest BCUT2D eigenvalue weighted by atomic mass is 35.5. The van der Waals surface area contributed by atoms with Crippen LogP contribution >= 0.6 is 23.2 Å². The number of aryl methyl sites for hydroxylation is 2. The number of rotatable bonds is 4. The monoisotopic (exact) mass is 398 g/mol. The number of aromatic nitrogens is 1. The average Bonchev–Trinajstić information content (AvgIpc) is 2.62. The summed E-state index contributed by atoms with van der Waals surface area (Å²) in [7, 11) is 0. The summed E-state index contributed by atoms with van der Waals surface area (Å²) in [5.41, 5.74) is 5.51. The van der Waals surface area contributed by atoms with E-state index in [1.807, 2.05) is 19.1 Å². The van der Waals surface area contributed by atoms with Gasteiger partial charge >= 0.3 is 0 Å². The molecule has 2 aromatic carbocycles. The Morgan fingerprint density at radius 3 is 2.37 bits per heavy atom. The third-order valence-corrected chi connectivity index (χ3v) is 5.14. The van der Waals surface area contributed by atoms with Crippen molar-refractivity contribution in [2.24, 2.45) is 0 Å². The number of pyridine rings is 1. The van der Waals surface area contributed by atoms with Gasteiger partial charge in [-0.2, -0.15) is 0 Å². The van der Waals surface area contributed by atoms with Crippen molar-refractivity contribution in [1.29, 1.82) is 0 Å². The van der Waals surface area contributed by atoms with Gasteiger partial charge in [-0.1, -0.05) is 41.4 Å². The molecule has 0 aliphatic rings. The van der Waals surface area contributed by atoms with E-state index in [9.17, 15) is 4.79 Å². The Kier molecular flexibility index (Phi) is 5.83. The third kappa shape index (κ3) is 4.32. The Morgan fingerprint density at radius 2 is 1.70 bits per heavy atom. The van der Waals surface area contributed by atoms with Gasteiger partial charge in [0.1, 0.15) is 0 Å². The van der Waals surface area contributed by atoms with Crippen LogP contribution in [0.15, 0.2) is 54.9 Å². The Balaban J connectivity index is 2.10. The van der Waals surface area contributed by atoms with E-state index in [4.69, 9.17) is 23.2 Å². The molecule has 1 heterocycles. The van der Waals surface area contributed by atoms with Crippen molar-refractivity contribution < 1.29 is 4.79 Å². The molecule has 0 N–H and O–H groups in total. The molecule has 138 valence electrons. The van der Waals surface area contributed by atoms with E-state index in [-0.39, 0.29) is 5.91 Å². The molecule has 0 aliphatic carbocycles. The number of amides is 1. The first-order valence-electron chi connectivity index (χ1n) is 8.60. The molecule has 5 heteroatoms. The minimum absolute atomic E-state index is 0.117. The fourth-order valence-corrected chi connectivity index (χ4v) is 3.50. The van der Waals surface area contributed by atoms with Crippen LogP contribution in [-0.4, -0.2) is 10.9 Å². The largest absolute Gasteiger partial charge is 0.304 e. The highest BCUT2D eigenvalue weighted by molar-refractivity contribution is 6.35. The van der Waals surface area contributed by atoms with E-state index in [1.165, 1.54) is 5.56 Å². The van der Waals surface area contributed by atoms with Crippen LogP contribution in [-0.2, 0) is 6.54 Å². The number of halogens is 2. The predicted molar refractivity (Wildman–Crippen MR) is 112 cm³/mol. The smallest absolute Gasteiger partial charge is 0.258 e. The molecular weight excluding hydrogens is 379 g/mol. The fraction of sp³-hybridized carbons (Fsp3) is 0.182. The average molecular weight is 399 g/mol. The minimum Gasteiger partial charge on any atom is -0.304 e. The molecule has 0 fully saturated rings. The number of carbonyl (C=O) groups excluding carboxylic acids is 1. The van der Waals surface area contributed by atoms with Crippen LogP contribution in [0.2, 0.25) is 10.0 Å². The summed E-state index contributed by atoms with van der Waals surface area (Å²) in [6, 6.07) is 13.0. The number of hydrogen-bond acceptors (Lipinski definition) is 2. The van der Waals surface area contributed by atoms with Crippen molar-refractivity contribution in [3.8, 4) is 0 Å². The Bertz CT molecular complexity index is 981. The number of benzene rings is 2. The van der Waals surface area contributed by atoms with Crippen LogP contribution in [0.25, 0.3) is 0 Å². The van der Waals surface area contributed by atoms with Gasteiger partial charge in [-0.05, 0) is 67.3 Å². The molecule has 0 atom stereocenters. The van der Waals surface area contributed by atoms with E-state index in [2.05, 4.69) is 24.9 Å². The van der Waals surface area contributed by atoms with Gasteiger partial charge in [0.05, 0.1) is 6.54 Å². The molecule has 0 radical (unpaired) electrons. The molecule has 0 unspecified atom stereocenters. The van der Waals surface area contributed by atoms with E-state index in [1.54, 1.807) is 41.6 Å². The summed E-state index contributed by atoms with van der Waals surface area (Å²) >= 11 is 12.4. The van der Waals surface area contributed by atoms with E-state index < -0.39 is 0 Å². The number of anilines is 1. The van der Waals surface area contributed by atoms with Crippen LogP contribution in [0.3, 0.4) is 0 Å². The van der Waals surface area contributed by atoms with Crippen molar-refractivity contribution in [2.75, 3.05) is 4.90 Å². The third-order valence-electron chi connectivity index (χ3n) is 4.70. The van der Waals surface area contributed by atoms with E-state index >= 15 is 0 Å². The van der Waals surface area contributed by atoms with Gasteiger partial charge in [0.15, 0.2) is 0 Å². The van der Waals surface area contributed by atoms with Crippen LogP contribution in [0, 0.1) is 20.8 Å². The molecule has 3 rings (SSSR count). The lowest BCUT2D eigenvalue weighted by atomic mass is 10.0. The van der Waals surface area contributed by atoms with Crippen molar-refractivity contribution in [1.82, 2.24) is 4.98 Å². The molecule has 0 spiro atoms. The standard InChI is InChI=1S/C22H20Cl2N2O/c1-14-5-4-6-17(16(14)3)13-26(20-10-18(23)9-19(24)11-20)22(27)21-7-8-25-12-15(21)2/h4-12H,13H2,1-3H3. The lowest BCUT2D eigenvalue weighted by molar-refractivity contribution is 0.0984. The first-order valence-corrected chi connectivity index (χ1v) is 9.36. The van der Waals surface area contributed by atoms with Crippen molar-refractivity contribution in [3.63, 3.8) is 0 Å². The summed E-state index contributed by atoms with van der Waals surface area (Å²) in [5.74, 6) is -0.117. The molecule has 1 aromatic heterocycles. The number of hydrogen-bond donors (Lipinski definition) is 0. The topological polar surface area (TPSA) is 33.2 Å². The summed E-state index contributed by atoms with van der Waals surface area (Å²) < 4.78 is 0. The SMILES string of the molecule is Cc1cnccc1C(=O)N(Cc1cccc(C)c1C)c1cc(Cl)cc(Cl)c1. The Morgan fingerprint density at radius 1 is 1.00 bits per heavy atom. The van der Waals surface area contributed by atoms with Crippen LogP contribution in [0.1, 0.15) is 32.6 Å². The van der Waals surface area contributed by atoms with Gasteiger partial charge in [0.25, 0.3) is 5.91 Å². The second-order valence-corrected chi connectivity index (χ2v) is 7.44. The van der Waals surface area contributed by atoms with Crippen LogP contribution in [0.4, 0.5) is 5.69 Å². The van der Waals surface area contributed by atoms with Gasteiger partial charge in [0, 0.05) is 33.7 Å². The molecule has 0 bridgehead atoms. The predicted octanol–water partition coefficient (Wildman–Crippen LogP) is 6.16. The van der Waals surface area contributed by atoms with Crippen LogP contribution < -0.4 is 4.90 Å². The lowest BCUT2D eigenvalue weighted by Crippen LogP contribution is -2.31. The highest BCUT2D eigenvalue weighted by Gasteiger charge is 2.21. The second kappa shape index (κ2) is 8.12. The van der Waals surface area contributed by atoms with Gasteiger partial charge in [-0.3, -0.25) is 9.78 Å². The van der Waals surface area contributed by atoms with E-state index in [0.29, 0.717) is 27.8 Å². The maximum absolute atomic E-state index is 13.4. The summed E-state index contributed by atoms with van der Waals surface area (Å²) in [5, 5.41) is 0.977. The van der Waals surface area contributed by atoms with Gasteiger partial charge in [-0.15, -0.1) is 0 Å². The fourth-order valence-electron chi connectivity index (χ4n) is 2.99. The molecular formula is C22H20Cl2N2O. The van der Waals surface area contributed by atoms with Crippen LogP contribution in [0.5, 0.6) is 0 Å². The maximum atomic E-state index is 13.4. The molecule has 3 nitrogen and oxygen atoms in total. The zero-order valence-corrected chi connectivity index (χ0v) is 17.0. The van der Waals surface area contributed by atoms with Gasteiger partial charge in [-0.25, -0.2) is 0 Å². The molecule has 0 saturated carbocycles. The summed E-state index contributed by atoms with van der Waals surface area (Å²) in [6.07, 6.45) is 3.32. The first-order chi connectivity index (χ1) is 12.9. The highest BCUT2D eigenvalue weighted by Crippen LogP contribution is 2.29. The molecule has 0 aliphatic heterocycles. The first kappa shape index (κ1) is 19.4. The summed E-state index contributed by atoms with van der Waals surface area (Å²) in [6.45, 7) is 6.43. The van der Waals surface area contributed by atoms with Crippen molar-refractivity contribution in [2.45, 2.75) is 27.3 Å². The van der Waals surface area contributed by atoms with Crippen molar-refractivity contribution >= 4 is 34.8 Å². The van der Waals surface area contributed by atoms with Crippen molar-refractivity contribution in [3.05, 3.63) is 92.7 Å². The summed E-state index contributed by atoms with van der Waals surface area (Å²) in [4.78, 5) is 19.2. The Labute approximate surface area is 169 Å². The van der Waals surface area contributed by atoms with E-state index in [0.717, 1.165) is 16.7 Å². The zero-order chi connectivity index (χ0) is 19.6. The Hall–Kier alpha value is -2.36.